The third-order valence-electron chi connectivity index (χ3n) is 7.14. The molecule has 6 aromatic carbocycles. The maximum atomic E-state index is 2.27. The van der Waals surface area contributed by atoms with Crippen LogP contribution < -0.4 is 0 Å². The van der Waals surface area contributed by atoms with Gasteiger partial charge in [-0.05, 0) is 45.0 Å². The summed E-state index contributed by atoms with van der Waals surface area (Å²) in [6, 6.07) is 52.6. The van der Waals surface area contributed by atoms with Gasteiger partial charge in [-0.15, -0.1) is 11.3 Å². The van der Waals surface area contributed by atoms with Crippen molar-refractivity contribution in [1.82, 2.24) is 0 Å². The molecule has 0 nitrogen and oxygen atoms in total. The van der Waals surface area contributed by atoms with Crippen molar-refractivity contribution >= 4 is 31.5 Å². The van der Waals surface area contributed by atoms with Crippen LogP contribution in [0.25, 0.3) is 64.7 Å². The predicted octanol–water partition coefficient (Wildman–Crippen LogP) is 10.7. The fourth-order valence-electron chi connectivity index (χ4n) is 5.45. The van der Waals surface area contributed by atoms with Crippen molar-refractivity contribution in [2.45, 2.75) is 0 Å². The standard InChI is InChI=1S/C36H24S/c1-2-13-25(14-3-1)26-15-4-5-16-27(26)28-17-6-7-18-29(28)30-19-8-9-20-31(30)33-22-12-23-34-32-21-10-11-24-35(32)37-36(33)34/h1-24H. The smallest absolute Gasteiger partial charge is 0.0434 e. The summed E-state index contributed by atoms with van der Waals surface area (Å²) >= 11 is 1.89. The number of hydrogen-bond donors (Lipinski definition) is 0. The van der Waals surface area contributed by atoms with Gasteiger partial charge in [-0.2, -0.15) is 0 Å². The second-order valence-electron chi connectivity index (χ2n) is 9.28. The van der Waals surface area contributed by atoms with Crippen molar-refractivity contribution in [2.24, 2.45) is 0 Å². The van der Waals surface area contributed by atoms with Crippen LogP contribution in [0.3, 0.4) is 0 Å². The van der Waals surface area contributed by atoms with Crippen LogP contribution >= 0.6 is 11.3 Å². The van der Waals surface area contributed by atoms with Crippen molar-refractivity contribution in [3.63, 3.8) is 0 Å². The Bertz CT molecular complexity index is 1870. The van der Waals surface area contributed by atoms with E-state index in [0.29, 0.717) is 0 Å². The van der Waals surface area contributed by atoms with Gasteiger partial charge in [0, 0.05) is 25.7 Å². The molecule has 1 heteroatoms. The number of thiophene rings is 1. The zero-order valence-corrected chi connectivity index (χ0v) is 21.1. The third-order valence-corrected chi connectivity index (χ3v) is 8.36. The van der Waals surface area contributed by atoms with E-state index in [0.717, 1.165) is 0 Å². The second kappa shape index (κ2) is 9.20. The number of rotatable bonds is 4. The Balaban J connectivity index is 1.47. The van der Waals surface area contributed by atoms with Crippen LogP contribution in [-0.4, -0.2) is 0 Å². The quantitative estimate of drug-likeness (QED) is 0.231. The summed E-state index contributed by atoms with van der Waals surface area (Å²) in [6.07, 6.45) is 0. The SMILES string of the molecule is c1ccc(-c2ccccc2-c2ccccc2-c2ccccc2-c2cccc3c2sc2ccccc23)cc1. The van der Waals surface area contributed by atoms with Crippen molar-refractivity contribution in [1.29, 1.82) is 0 Å². The zero-order chi connectivity index (χ0) is 24.6. The Morgan fingerprint density at radius 2 is 0.730 bits per heavy atom. The summed E-state index contributed by atoms with van der Waals surface area (Å²) in [5.41, 5.74) is 10.0. The highest BCUT2D eigenvalue weighted by atomic mass is 32.1. The van der Waals surface area contributed by atoms with Gasteiger partial charge >= 0.3 is 0 Å². The Morgan fingerprint density at radius 3 is 1.38 bits per heavy atom. The molecule has 0 saturated carbocycles. The number of benzene rings is 6. The molecule has 0 bridgehead atoms. The molecule has 0 aliphatic rings. The summed E-state index contributed by atoms with van der Waals surface area (Å²) in [7, 11) is 0. The van der Waals surface area contributed by atoms with Crippen LogP contribution in [0.5, 0.6) is 0 Å². The maximum absolute atomic E-state index is 2.27. The highest BCUT2D eigenvalue weighted by Gasteiger charge is 2.17. The highest BCUT2D eigenvalue weighted by Crippen LogP contribution is 2.45. The molecular formula is C36H24S. The Hall–Kier alpha value is -4.46. The van der Waals surface area contributed by atoms with Crippen LogP contribution in [0, 0.1) is 0 Å². The molecule has 174 valence electrons. The molecular weight excluding hydrogens is 464 g/mol. The molecule has 0 N–H and O–H groups in total. The summed E-state index contributed by atoms with van der Waals surface area (Å²) in [6.45, 7) is 0. The third kappa shape index (κ3) is 3.76. The van der Waals surface area contributed by atoms with Crippen molar-refractivity contribution in [3.8, 4) is 44.5 Å². The van der Waals surface area contributed by atoms with Gasteiger partial charge in [0.25, 0.3) is 0 Å². The molecule has 7 aromatic rings. The normalized spacial score (nSPS) is 11.2. The lowest BCUT2D eigenvalue weighted by Gasteiger charge is -2.17. The first-order valence-electron chi connectivity index (χ1n) is 12.6. The van der Waals surface area contributed by atoms with Gasteiger partial charge in [0.05, 0.1) is 0 Å². The molecule has 0 aliphatic heterocycles. The van der Waals surface area contributed by atoms with Gasteiger partial charge in [-0.3, -0.25) is 0 Å². The average Bonchev–Trinajstić information content (AvgIpc) is 3.37. The van der Waals surface area contributed by atoms with E-state index in [9.17, 15) is 0 Å². The number of fused-ring (bicyclic) bond motifs is 3. The van der Waals surface area contributed by atoms with E-state index in [2.05, 4.69) is 146 Å². The first-order chi connectivity index (χ1) is 18.4. The topological polar surface area (TPSA) is 0 Å². The lowest BCUT2D eigenvalue weighted by atomic mass is 9.86. The highest BCUT2D eigenvalue weighted by molar-refractivity contribution is 7.26. The molecule has 37 heavy (non-hydrogen) atoms. The Labute approximate surface area is 221 Å². The zero-order valence-electron chi connectivity index (χ0n) is 20.3. The Kier molecular flexibility index (Phi) is 5.42. The fraction of sp³-hybridized carbons (Fsp3) is 0. The predicted molar refractivity (Wildman–Crippen MR) is 161 cm³/mol. The molecule has 1 aromatic heterocycles. The van der Waals surface area contributed by atoms with Gasteiger partial charge in [0.1, 0.15) is 0 Å². The fourth-order valence-corrected chi connectivity index (χ4v) is 6.68. The molecule has 0 unspecified atom stereocenters. The Morgan fingerprint density at radius 1 is 0.297 bits per heavy atom. The average molecular weight is 489 g/mol. The van der Waals surface area contributed by atoms with E-state index in [1.54, 1.807) is 0 Å². The van der Waals surface area contributed by atoms with E-state index < -0.39 is 0 Å². The summed E-state index contributed by atoms with van der Waals surface area (Å²) in [5.74, 6) is 0. The minimum absolute atomic E-state index is 1.23. The molecule has 0 amide bonds. The molecule has 0 fully saturated rings. The molecule has 0 aliphatic carbocycles. The second-order valence-corrected chi connectivity index (χ2v) is 10.3. The maximum Gasteiger partial charge on any atom is 0.0434 e. The first-order valence-corrected chi connectivity index (χ1v) is 13.4. The summed E-state index contributed by atoms with van der Waals surface area (Å²) < 4.78 is 2.68. The minimum Gasteiger partial charge on any atom is -0.135 e. The van der Waals surface area contributed by atoms with E-state index in [1.807, 2.05) is 11.3 Å². The van der Waals surface area contributed by atoms with E-state index in [-0.39, 0.29) is 0 Å². The van der Waals surface area contributed by atoms with Gasteiger partial charge in [-0.1, -0.05) is 140 Å². The monoisotopic (exact) mass is 488 g/mol. The van der Waals surface area contributed by atoms with Crippen LogP contribution in [-0.2, 0) is 0 Å². The minimum atomic E-state index is 1.23. The largest absolute Gasteiger partial charge is 0.135 e. The van der Waals surface area contributed by atoms with E-state index in [4.69, 9.17) is 0 Å². The van der Waals surface area contributed by atoms with E-state index in [1.165, 1.54) is 64.7 Å². The van der Waals surface area contributed by atoms with Crippen molar-refractivity contribution in [2.75, 3.05) is 0 Å². The van der Waals surface area contributed by atoms with Crippen LogP contribution in [0.2, 0.25) is 0 Å². The van der Waals surface area contributed by atoms with Crippen LogP contribution in [0.4, 0.5) is 0 Å². The number of hydrogen-bond acceptors (Lipinski definition) is 1. The molecule has 0 atom stereocenters. The van der Waals surface area contributed by atoms with Crippen LogP contribution in [0.15, 0.2) is 146 Å². The van der Waals surface area contributed by atoms with Gasteiger partial charge in [0.15, 0.2) is 0 Å². The lowest BCUT2D eigenvalue weighted by Crippen LogP contribution is -1.91. The van der Waals surface area contributed by atoms with Gasteiger partial charge in [-0.25, -0.2) is 0 Å². The van der Waals surface area contributed by atoms with Crippen LogP contribution in [0.1, 0.15) is 0 Å². The summed E-state index contributed by atoms with van der Waals surface area (Å²) in [4.78, 5) is 0. The van der Waals surface area contributed by atoms with E-state index >= 15 is 0 Å². The molecule has 0 saturated heterocycles. The molecule has 0 spiro atoms. The molecule has 7 rings (SSSR count). The molecule has 0 radical (unpaired) electrons. The first kappa shape index (κ1) is 21.8. The van der Waals surface area contributed by atoms with Gasteiger partial charge < -0.3 is 0 Å². The lowest BCUT2D eigenvalue weighted by molar-refractivity contribution is 1.56. The molecule has 1 heterocycles. The summed E-state index contributed by atoms with van der Waals surface area (Å²) in [5, 5.41) is 2.66. The van der Waals surface area contributed by atoms with Crippen molar-refractivity contribution < 1.29 is 0 Å². The van der Waals surface area contributed by atoms with Crippen molar-refractivity contribution in [3.05, 3.63) is 146 Å². The van der Waals surface area contributed by atoms with Gasteiger partial charge in [0.2, 0.25) is 0 Å².